The first-order valence-electron chi connectivity index (χ1n) is 6.70. The molecule has 2 aromatic rings. The first-order valence-corrected chi connectivity index (χ1v) is 6.70. The van der Waals surface area contributed by atoms with Crippen LogP contribution in [-0.4, -0.2) is 15.1 Å². The number of hydrogen-bond donors (Lipinski definition) is 1. The molecule has 130 valence electrons. The number of nitro benzene ring substituents is 1. The van der Waals surface area contributed by atoms with Crippen LogP contribution in [0.1, 0.15) is 30.7 Å². The fourth-order valence-corrected chi connectivity index (χ4v) is 2.36. The molecule has 0 spiro atoms. The summed E-state index contributed by atoms with van der Waals surface area (Å²) in [7, 11) is 0. The third-order valence-electron chi connectivity index (χ3n) is 3.87. The lowest BCUT2D eigenvalue weighted by molar-refractivity contribution is -0.384. The summed E-state index contributed by atoms with van der Waals surface area (Å²) in [5.41, 5.74) is 3.24. The van der Waals surface area contributed by atoms with Gasteiger partial charge in [0.1, 0.15) is 5.56 Å². The molecule has 7 nitrogen and oxygen atoms in total. The average Bonchev–Trinajstić information content (AvgIpc) is 2.93. The molecular weight excluding hydrogens is 353 g/mol. The molecule has 1 aliphatic rings. The van der Waals surface area contributed by atoms with Crippen molar-refractivity contribution in [3.05, 3.63) is 39.7 Å². The van der Waals surface area contributed by atoms with Gasteiger partial charge in [0.2, 0.25) is 0 Å². The van der Waals surface area contributed by atoms with Gasteiger partial charge in [0.25, 0.3) is 11.6 Å². The summed E-state index contributed by atoms with van der Waals surface area (Å²) >= 11 is 0. The molecule has 1 aromatic heterocycles. The SMILES string of the molecule is Cl.NC1(c2noc(-c3ccc(C(F)(F)F)cc3[N+](=O)[O-])n2)CCC1. The summed E-state index contributed by atoms with van der Waals surface area (Å²) in [5.74, 6) is -0.0231. The molecule has 24 heavy (non-hydrogen) atoms. The van der Waals surface area contributed by atoms with Crippen LogP contribution in [0.2, 0.25) is 0 Å². The normalized spacial score (nSPS) is 16.2. The van der Waals surface area contributed by atoms with Crippen LogP contribution < -0.4 is 5.73 Å². The molecule has 0 bridgehead atoms. The van der Waals surface area contributed by atoms with Crippen molar-refractivity contribution in [2.45, 2.75) is 31.0 Å². The van der Waals surface area contributed by atoms with Gasteiger partial charge < -0.3 is 10.3 Å². The van der Waals surface area contributed by atoms with E-state index in [0.717, 1.165) is 18.6 Å². The second kappa shape index (κ2) is 6.02. The Kier molecular flexibility index (Phi) is 4.55. The fourth-order valence-electron chi connectivity index (χ4n) is 2.36. The number of aromatic nitrogens is 2. The number of alkyl halides is 3. The highest BCUT2D eigenvalue weighted by Gasteiger charge is 2.40. The number of rotatable bonds is 3. The van der Waals surface area contributed by atoms with Gasteiger partial charge in [-0.15, -0.1) is 12.4 Å². The van der Waals surface area contributed by atoms with Gasteiger partial charge in [-0.1, -0.05) is 5.16 Å². The lowest BCUT2D eigenvalue weighted by atomic mass is 9.77. The topological polar surface area (TPSA) is 108 Å². The van der Waals surface area contributed by atoms with Crippen molar-refractivity contribution in [2.24, 2.45) is 5.73 Å². The number of nitro groups is 1. The van der Waals surface area contributed by atoms with Gasteiger partial charge >= 0.3 is 6.18 Å². The molecule has 1 fully saturated rings. The minimum Gasteiger partial charge on any atom is -0.334 e. The number of nitrogens with zero attached hydrogens (tertiary/aromatic N) is 3. The Balaban J connectivity index is 0.00000208. The highest BCUT2D eigenvalue weighted by molar-refractivity contribution is 5.85. The molecule has 0 aliphatic heterocycles. The molecule has 1 heterocycles. The van der Waals surface area contributed by atoms with Crippen LogP contribution in [0.25, 0.3) is 11.5 Å². The second-order valence-corrected chi connectivity index (χ2v) is 5.42. The van der Waals surface area contributed by atoms with Gasteiger partial charge in [-0.3, -0.25) is 10.1 Å². The minimum absolute atomic E-state index is 0. The van der Waals surface area contributed by atoms with E-state index in [-0.39, 0.29) is 29.7 Å². The van der Waals surface area contributed by atoms with Gasteiger partial charge in [0, 0.05) is 6.07 Å². The Hall–Kier alpha value is -2.20. The van der Waals surface area contributed by atoms with Gasteiger partial charge in [0.05, 0.1) is 16.0 Å². The summed E-state index contributed by atoms with van der Waals surface area (Å²) in [6, 6.07) is 2.12. The van der Waals surface area contributed by atoms with Crippen LogP contribution in [0.4, 0.5) is 18.9 Å². The van der Waals surface area contributed by atoms with E-state index in [1.54, 1.807) is 0 Å². The molecule has 1 aromatic carbocycles. The Bertz CT molecular complexity index is 774. The molecule has 0 saturated heterocycles. The Morgan fingerprint density at radius 1 is 1.33 bits per heavy atom. The summed E-state index contributed by atoms with van der Waals surface area (Å²) in [6.07, 6.45) is -2.47. The van der Waals surface area contributed by atoms with Crippen LogP contribution in [-0.2, 0) is 11.7 Å². The summed E-state index contributed by atoms with van der Waals surface area (Å²) in [5, 5.41) is 14.8. The van der Waals surface area contributed by atoms with E-state index >= 15 is 0 Å². The quantitative estimate of drug-likeness (QED) is 0.660. The zero-order valence-corrected chi connectivity index (χ0v) is 12.9. The molecule has 0 amide bonds. The zero-order chi connectivity index (χ0) is 16.8. The Morgan fingerprint density at radius 3 is 2.50 bits per heavy atom. The number of hydrogen-bond acceptors (Lipinski definition) is 6. The molecule has 0 unspecified atom stereocenters. The van der Waals surface area contributed by atoms with E-state index in [9.17, 15) is 23.3 Å². The van der Waals surface area contributed by atoms with Crippen LogP contribution in [0.3, 0.4) is 0 Å². The largest absolute Gasteiger partial charge is 0.416 e. The van der Waals surface area contributed by atoms with Crippen LogP contribution >= 0.6 is 12.4 Å². The van der Waals surface area contributed by atoms with Crippen molar-refractivity contribution in [3.63, 3.8) is 0 Å². The number of benzene rings is 1. The maximum Gasteiger partial charge on any atom is 0.416 e. The first kappa shape index (κ1) is 18.1. The van der Waals surface area contributed by atoms with E-state index in [0.29, 0.717) is 18.9 Å². The molecule has 11 heteroatoms. The third-order valence-corrected chi connectivity index (χ3v) is 3.87. The maximum absolute atomic E-state index is 12.7. The third kappa shape index (κ3) is 3.06. The Labute approximate surface area is 139 Å². The van der Waals surface area contributed by atoms with Gasteiger partial charge in [0.15, 0.2) is 5.82 Å². The molecule has 2 N–H and O–H groups in total. The smallest absolute Gasteiger partial charge is 0.334 e. The van der Waals surface area contributed by atoms with Crippen LogP contribution in [0.5, 0.6) is 0 Å². The van der Waals surface area contributed by atoms with E-state index in [2.05, 4.69) is 10.1 Å². The molecule has 3 rings (SSSR count). The second-order valence-electron chi connectivity index (χ2n) is 5.42. The van der Waals surface area contributed by atoms with Crippen molar-refractivity contribution in [1.82, 2.24) is 10.1 Å². The number of nitrogens with two attached hydrogens (primary N) is 1. The molecule has 0 atom stereocenters. The van der Waals surface area contributed by atoms with E-state index in [1.807, 2.05) is 0 Å². The molecule has 1 aliphatic carbocycles. The highest BCUT2D eigenvalue weighted by Crippen LogP contribution is 2.40. The monoisotopic (exact) mass is 364 g/mol. The summed E-state index contributed by atoms with van der Waals surface area (Å²) in [4.78, 5) is 14.2. The summed E-state index contributed by atoms with van der Waals surface area (Å²) < 4.78 is 43.0. The van der Waals surface area contributed by atoms with E-state index in [1.165, 1.54) is 0 Å². The van der Waals surface area contributed by atoms with Gasteiger partial charge in [-0.05, 0) is 31.4 Å². The lowest BCUT2D eigenvalue weighted by Gasteiger charge is -2.34. The van der Waals surface area contributed by atoms with E-state index < -0.39 is 27.9 Å². The molecule has 0 radical (unpaired) electrons. The average molecular weight is 365 g/mol. The minimum atomic E-state index is -4.68. The van der Waals surface area contributed by atoms with Crippen LogP contribution in [0.15, 0.2) is 22.7 Å². The number of halogens is 4. The maximum atomic E-state index is 12.7. The van der Waals surface area contributed by atoms with Crippen LogP contribution in [0, 0.1) is 10.1 Å². The lowest BCUT2D eigenvalue weighted by Crippen LogP contribution is -2.44. The van der Waals surface area contributed by atoms with E-state index in [4.69, 9.17) is 10.3 Å². The van der Waals surface area contributed by atoms with Crippen molar-refractivity contribution >= 4 is 18.1 Å². The predicted octanol–water partition coefficient (Wildman–Crippen LogP) is 3.42. The van der Waals surface area contributed by atoms with Gasteiger partial charge in [-0.25, -0.2) is 0 Å². The molecule has 1 saturated carbocycles. The zero-order valence-electron chi connectivity index (χ0n) is 12.0. The summed E-state index contributed by atoms with van der Waals surface area (Å²) in [6.45, 7) is 0. The van der Waals surface area contributed by atoms with Crippen molar-refractivity contribution in [3.8, 4) is 11.5 Å². The van der Waals surface area contributed by atoms with Crippen molar-refractivity contribution in [1.29, 1.82) is 0 Å². The highest BCUT2D eigenvalue weighted by atomic mass is 35.5. The predicted molar refractivity (Wildman–Crippen MR) is 78.4 cm³/mol. The molecular formula is C13H12ClF3N4O3. The fraction of sp³-hybridized carbons (Fsp3) is 0.385. The first-order chi connectivity index (χ1) is 10.7. The standard InChI is InChI=1S/C13H11F3N4O3.ClH/c14-13(15,16)7-2-3-8(9(6-7)20(21)22)10-18-11(19-23-10)12(17)4-1-5-12;/h2-3,6H,1,4-5,17H2;1H. The van der Waals surface area contributed by atoms with Gasteiger partial charge in [-0.2, -0.15) is 18.2 Å². The van der Waals surface area contributed by atoms with Crippen molar-refractivity contribution < 1.29 is 22.6 Å². The van der Waals surface area contributed by atoms with Crippen molar-refractivity contribution in [2.75, 3.05) is 0 Å². The Morgan fingerprint density at radius 2 is 2.00 bits per heavy atom.